The molecule has 2 amide bonds. The largest absolute Gasteiger partial charge is 0.368 e. The van der Waals surface area contributed by atoms with Gasteiger partial charge in [-0.25, -0.2) is 0 Å². The number of amides is 2. The molecule has 0 aromatic heterocycles. The Morgan fingerprint density at radius 2 is 1.95 bits per heavy atom. The van der Waals surface area contributed by atoms with E-state index in [9.17, 15) is 9.59 Å². The van der Waals surface area contributed by atoms with Gasteiger partial charge >= 0.3 is 0 Å². The van der Waals surface area contributed by atoms with Crippen molar-refractivity contribution in [2.75, 3.05) is 30.8 Å². The predicted octanol–water partition coefficient (Wildman–Crippen LogP) is 2.01. The molecule has 22 heavy (non-hydrogen) atoms. The summed E-state index contributed by atoms with van der Waals surface area (Å²) >= 11 is 6.12. The van der Waals surface area contributed by atoms with Gasteiger partial charge in [0.2, 0.25) is 5.91 Å². The maximum atomic E-state index is 12.6. The predicted molar refractivity (Wildman–Crippen MR) is 86.2 cm³/mol. The van der Waals surface area contributed by atoms with Crippen LogP contribution in [-0.2, 0) is 14.3 Å². The van der Waals surface area contributed by atoms with Crippen LogP contribution in [-0.4, -0.2) is 37.6 Å². The molecular weight excluding hydrogens is 306 g/mol. The third kappa shape index (κ3) is 3.76. The molecule has 0 bridgehead atoms. The number of hydrogen-bond acceptors (Lipinski definition) is 4. The number of anilines is 2. The minimum Gasteiger partial charge on any atom is -0.368 e. The highest BCUT2D eigenvalue weighted by atomic mass is 35.5. The van der Waals surface area contributed by atoms with E-state index in [4.69, 9.17) is 16.3 Å². The van der Waals surface area contributed by atoms with Gasteiger partial charge in [0.1, 0.15) is 5.60 Å². The quantitative estimate of drug-likeness (QED) is 0.791. The van der Waals surface area contributed by atoms with Gasteiger partial charge < -0.3 is 20.7 Å². The lowest BCUT2D eigenvalue weighted by atomic mass is 9.91. The molecule has 3 N–H and O–H groups in total. The molecule has 0 spiro atoms. The van der Waals surface area contributed by atoms with E-state index in [1.165, 1.54) is 6.92 Å². The van der Waals surface area contributed by atoms with Gasteiger partial charge in [-0.3, -0.25) is 9.59 Å². The Hall–Kier alpha value is -1.63. The van der Waals surface area contributed by atoms with E-state index in [1.54, 1.807) is 25.3 Å². The Kier molecular flexibility index (Phi) is 5.39. The van der Waals surface area contributed by atoms with Crippen LogP contribution in [0.5, 0.6) is 0 Å². The van der Waals surface area contributed by atoms with Crippen molar-refractivity contribution < 1.29 is 14.3 Å². The number of nitrogens with one attached hydrogen (secondary N) is 3. The van der Waals surface area contributed by atoms with Crippen molar-refractivity contribution >= 4 is 34.8 Å². The second-order valence-electron chi connectivity index (χ2n) is 5.28. The summed E-state index contributed by atoms with van der Waals surface area (Å²) in [6, 6.07) is 4.94. The third-order valence-corrected chi connectivity index (χ3v) is 4.08. The summed E-state index contributed by atoms with van der Waals surface area (Å²) in [5.74, 6) is -0.412. The lowest BCUT2D eigenvalue weighted by Gasteiger charge is -2.34. The maximum Gasteiger partial charge on any atom is 0.256 e. The fraction of sp³-hybridized carbons (Fsp3) is 0.467. The molecule has 1 saturated heterocycles. The summed E-state index contributed by atoms with van der Waals surface area (Å²) in [5, 5.41) is 9.08. The molecule has 1 aliphatic rings. The molecule has 1 heterocycles. The Bertz CT molecular complexity index is 571. The standard InChI is InChI=1S/C15H20ClN3O3/c1-10(20)18-11-3-4-12(16)13(9-11)19-14(21)15(22-2)5-7-17-8-6-15/h3-4,9,17H,5-8H2,1-2H3,(H,18,20)(H,19,21). The molecule has 1 aromatic rings. The highest BCUT2D eigenvalue weighted by Crippen LogP contribution is 2.29. The van der Waals surface area contributed by atoms with E-state index in [0.717, 1.165) is 13.1 Å². The van der Waals surface area contributed by atoms with Crippen LogP contribution >= 0.6 is 11.6 Å². The van der Waals surface area contributed by atoms with E-state index in [1.807, 2.05) is 0 Å². The van der Waals surface area contributed by atoms with E-state index >= 15 is 0 Å². The number of rotatable bonds is 4. The van der Waals surface area contributed by atoms with Gasteiger partial charge in [0, 0.05) is 19.7 Å². The Morgan fingerprint density at radius 3 is 2.55 bits per heavy atom. The van der Waals surface area contributed by atoms with E-state index in [2.05, 4.69) is 16.0 Å². The summed E-state index contributed by atoms with van der Waals surface area (Å²) in [5.41, 5.74) is 0.176. The Labute approximate surface area is 134 Å². The first-order valence-electron chi connectivity index (χ1n) is 7.11. The highest BCUT2D eigenvalue weighted by molar-refractivity contribution is 6.34. The number of piperidine rings is 1. The first-order valence-corrected chi connectivity index (χ1v) is 7.49. The number of carbonyl (C=O) groups is 2. The molecule has 6 nitrogen and oxygen atoms in total. The van der Waals surface area contributed by atoms with Crippen LogP contribution < -0.4 is 16.0 Å². The summed E-state index contributed by atoms with van der Waals surface area (Å²) in [6.45, 7) is 2.86. The number of benzene rings is 1. The number of halogens is 1. The van der Waals surface area contributed by atoms with Crippen molar-refractivity contribution in [2.45, 2.75) is 25.4 Å². The van der Waals surface area contributed by atoms with Crippen molar-refractivity contribution in [3.05, 3.63) is 23.2 Å². The zero-order chi connectivity index (χ0) is 16.2. The molecule has 1 fully saturated rings. The van der Waals surface area contributed by atoms with Crippen molar-refractivity contribution in [3.63, 3.8) is 0 Å². The molecule has 2 rings (SSSR count). The molecular formula is C15H20ClN3O3. The van der Waals surface area contributed by atoms with E-state index in [-0.39, 0.29) is 11.8 Å². The highest BCUT2D eigenvalue weighted by Gasteiger charge is 2.39. The molecule has 7 heteroatoms. The monoisotopic (exact) mass is 325 g/mol. The molecule has 1 aliphatic heterocycles. The van der Waals surface area contributed by atoms with E-state index in [0.29, 0.717) is 29.2 Å². The van der Waals surface area contributed by atoms with Crippen molar-refractivity contribution in [2.24, 2.45) is 0 Å². The normalized spacial score (nSPS) is 16.9. The average molecular weight is 326 g/mol. The Balaban J connectivity index is 2.18. The van der Waals surface area contributed by atoms with Crippen molar-refractivity contribution in [1.82, 2.24) is 5.32 Å². The fourth-order valence-electron chi connectivity index (χ4n) is 2.49. The average Bonchev–Trinajstić information content (AvgIpc) is 2.50. The molecule has 0 aliphatic carbocycles. The van der Waals surface area contributed by atoms with Gasteiger partial charge in [-0.2, -0.15) is 0 Å². The number of methoxy groups -OCH3 is 1. The fourth-order valence-corrected chi connectivity index (χ4v) is 2.66. The number of hydrogen-bond donors (Lipinski definition) is 3. The van der Waals surface area contributed by atoms with Crippen LogP contribution in [0.15, 0.2) is 18.2 Å². The van der Waals surface area contributed by atoms with Gasteiger partial charge in [0.25, 0.3) is 5.91 Å². The van der Waals surface area contributed by atoms with Gasteiger partial charge in [-0.1, -0.05) is 11.6 Å². The number of carbonyl (C=O) groups excluding carboxylic acids is 2. The Morgan fingerprint density at radius 1 is 1.27 bits per heavy atom. The minimum atomic E-state index is -0.849. The van der Waals surface area contributed by atoms with Crippen LogP contribution in [0.3, 0.4) is 0 Å². The first kappa shape index (κ1) is 16.7. The lowest BCUT2D eigenvalue weighted by Crippen LogP contribution is -2.51. The molecule has 1 aromatic carbocycles. The SMILES string of the molecule is COC1(C(=O)Nc2cc(NC(C)=O)ccc2Cl)CCNCC1. The van der Waals surface area contributed by atoms with Crippen LogP contribution in [0.25, 0.3) is 0 Å². The van der Waals surface area contributed by atoms with Crippen LogP contribution in [0.1, 0.15) is 19.8 Å². The lowest BCUT2D eigenvalue weighted by molar-refractivity contribution is -0.140. The molecule has 0 radical (unpaired) electrons. The van der Waals surface area contributed by atoms with Gasteiger partial charge in [0.05, 0.1) is 10.7 Å². The summed E-state index contributed by atoms with van der Waals surface area (Å²) in [7, 11) is 1.54. The zero-order valence-electron chi connectivity index (χ0n) is 12.7. The van der Waals surface area contributed by atoms with Crippen LogP contribution in [0, 0.1) is 0 Å². The molecule has 120 valence electrons. The summed E-state index contributed by atoms with van der Waals surface area (Å²) in [6.07, 6.45) is 1.19. The second kappa shape index (κ2) is 7.09. The van der Waals surface area contributed by atoms with Gasteiger partial charge in [-0.05, 0) is 44.1 Å². The van der Waals surface area contributed by atoms with Crippen molar-refractivity contribution in [3.8, 4) is 0 Å². The second-order valence-corrected chi connectivity index (χ2v) is 5.69. The molecule has 0 atom stereocenters. The van der Waals surface area contributed by atoms with Crippen molar-refractivity contribution in [1.29, 1.82) is 0 Å². The zero-order valence-corrected chi connectivity index (χ0v) is 13.4. The van der Waals surface area contributed by atoms with E-state index < -0.39 is 5.60 Å². The summed E-state index contributed by atoms with van der Waals surface area (Å²) < 4.78 is 5.48. The van der Waals surface area contributed by atoms with Gasteiger partial charge in [-0.15, -0.1) is 0 Å². The van der Waals surface area contributed by atoms with Crippen LogP contribution in [0.4, 0.5) is 11.4 Å². The third-order valence-electron chi connectivity index (χ3n) is 3.75. The van der Waals surface area contributed by atoms with Crippen LogP contribution in [0.2, 0.25) is 5.02 Å². The smallest absolute Gasteiger partial charge is 0.256 e. The van der Waals surface area contributed by atoms with Gasteiger partial charge in [0.15, 0.2) is 0 Å². The minimum absolute atomic E-state index is 0.189. The maximum absolute atomic E-state index is 12.6. The topological polar surface area (TPSA) is 79.5 Å². The first-order chi connectivity index (χ1) is 10.5. The summed E-state index contributed by atoms with van der Waals surface area (Å²) in [4.78, 5) is 23.7. The molecule has 0 saturated carbocycles. The number of ether oxygens (including phenoxy) is 1. The molecule has 0 unspecified atom stereocenters.